The molecular formula is C51H46N3OPt-. The number of phenolic OH excluding ortho intramolecular Hbond substituents is 1. The Bertz CT molecular complexity index is 2650. The summed E-state index contributed by atoms with van der Waals surface area (Å²) in [4.78, 5) is 10.3. The summed E-state index contributed by atoms with van der Waals surface area (Å²) in [7, 11) is 0. The van der Waals surface area contributed by atoms with Crippen LogP contribution in [0.15, 0.2) is 152 Å². The van der Waals surface area contributed by atoms with Gasteiger partial charge in [0.15, 0.2) is 0 Å². The van der Waals surface area contributed by atoms with Crippen LogP contribution in [-0.2, 0) is 31.9 Å². The van der Waals surface area contributed by atoms with E-state index in [0.29, 0.717) is 11.4 Å². The molecule has 56 heavy (non-hydrogen) atoms. The van der Waals surface area contributed by atoms with E-state index >= 15 is 0 Å². The Morgan fingerprint density at radius 1 is 0.607 bits per heavy atom. The molecule has 0 radical (unpaired) electrons. The minimum atomic E-state index is -0.136. The maximum absolute atomic E-state index is 11.3. The molecule has 0 atom stereocenters. The number of imidazole rings is 1. The molecule has 1 N–H and O–H groups in total. The normalized spacial score (nSPS) is 11.8. The number of para-hydroxylation sites is 2. The van der Waals surface area contributed by atoms with Gasteiger partial charge in [0.25, 0.3) is 0 Å². The number of aromatic hydroxyl groups is 1. The first kappa shape index (κ1) is 38.7. The Morgan fingerprint density at radius 3 is 1.96 bits per heavy atom. The Morgan fingerprint density at radius 2 is 1.27 bits per heavy atom. The largest absolute Gasteiger partial charge is 0.507 e. The van der Waals surface area contributed by atoms with E-state index in [0.717, 1.165) is 67.8 Å². The van der Waals surface area contributed by atoms with Crippen LogP contribution in [0.1, 0.15) is 59.1 Å². The first-order valence-corrected chi connectivity index (χ1v) is 19.1. The summed E-state index contributed by atoms with van der Waals surface area (Å²) in [5, 5.41) is 11.3. The zero-order valence-corrected chi connectivity index (χ0v) is 35.0. The molecular weight excluding hydrogens is 866 g/mol. The summed E-state index contributed by atoms with van der Waals surface area (Å²) in [5.74, 6) is 0.850. The molecule has 0 aliphatic heterocycles. The molecule has 0 amide bonds. The fourth-order valence-electron chi connectivity index (χ4n) is 7.28. The maximum atomic E-state index is 11.3. The summed E-state index contributed by atoms with van der Waals surface area (Å²) < 4.78 is 2.22. The number of rotatable bonds is 8. The van der Waals surface area contributed by atoms with Crippen molar-refractivity contribution in [1.29, 1.82) is 0 Å². The van der Waals surface area contributed by atoms with Gasteiger partial charge in [-0.2, -0.15) is 0 Å². The van der Waals surface area contributed by atoms with Gasteiger partial charge in [-0.1, -0.05) is 150 Å². The molecule has 0 spiro atoms. The van der Waals surface area contributed by atoms with Crippen molar-refractivity contribution in [2.24, 2.45) is 0 Å². The van der Waals surface area contributed by atoms with Crippen LogP contribution >= 0.6 is 0 Å². The van der Waals surface area contributed by atoms with Gasteiger partial charge in [-0.25, -0.2) is 4.98 Å². The SMILES string of the molecule is CCC(C)(C)c1ccc(-n2c(-c3ccccc3O)nc3c(-c4[c-]c(-c5cc(-c6ccccc6)ccn5)cc(C(C)(C)C)c4)cccc32)c(-c2ccccc2)c1.[Pt]. The van der Waals surface area contributed by atoms with Crippen molar-refractivity contribution >= 4 is 11.0 Å². The second-order valence-corrected chi connectivity index (χ2v) is 16.0. The number of fused-ring (bicyclic) bond motifs is 1. The van der Waals surface area contributed by atoms with Gasteiger partial charge in [0.2, 0.25) is 0 Å². The van der Waals surface area contributed by atoms with Gasteiger partial charge in [0.1, 0.15) is 11.6 Å². The van der Waals surface area contributed by atoms with Crippen LogP contribution in [0.4, 0.5) is 0 Å². The Balaban J connectivity index is 0.00000480. The minimum Gasteiger partial charge on any atom is -0.507 e. The molecule has 2 heterocycles. The van der Waals surface area contributed by atoms with Crippen molar-refractivity contribution in [3.63, 3.8) is 0 Å². The third kappa shape index (κ3) is 7.39. The van der Waals surface area contributed by atoms with E-state index in [1.54, 1.807) is 6.07 Å². The topological polar surface area (TPSA) is 50.9 Å². The van der Waals surface area contributed by atoms with Gasteiger partial charge in [-0.05, 0) is 75.9 Å². The summed E-state index contributed by atoms with van der Waals surface area (Å²) >= 11 is 0. The minimum absolute atomic E-state index is 0. The summed E-state index contributed by atoms with van der Waals surface area (Å²) in [6.45, 7) is 13.6. The second-order valence-electron chi connectivity index (χ2n) is 16.0. The molecule has 2 aromatic heterocycles. The molecule has 0 unspecified atom stereocenters. The van der Waals surface area contributed by atoms with Crippen LogP contribution < -0.4 is 0 Å². The molecule has 4 nitrogen and oxygen atoms in total. The quantitative estimate of drug-likeness (QED) is 0.155. The summed E-state index contributed by atoms with van der Waals surface area (Å²) in [6.07, 6.45) is 2.90. The van der Waals surface area contributed by atoms with Crippen molar-refractivity contribution in [2.75, 3.05) is 0 Å². The van der Waals surface area contributed by atoms with E-state index in [1.807, 2.05) is 30.5 Å². The average molecular weight is 912 g/mol. The van der Waals surface area contributed by atoms with Gasteiger partial charge in [0.05, 0.1) is 22.3 Å². The molecule has 0 saturated heterocycles. The molecule has 0 fully saturated rings. The predicted octanol–water partition coefficient (Wildman–Crippen LogP) is 13.2. The first-order chi connectivity index (χ1) is 26.5. The standard InChI is InChI=1S/C51H46N3O.Pt/c1-7-51(5,6)39-25-26-45(43(33-39)35-19-12-9-13-20-35)54-46-23-16-22-41(48(46)53-49(54)42-21-14-15-24-47(42)55)37-29-38(31-40(30-37)50(2,3)4)44-32-36(27-28-52-44)34-17-10-8-11-18-34;/h8-28,30-33,55H,7H2,1-6H3;/q-1;. The monoisotopic (exact) mass is 911 g/mol. The summed E-state index contributed by atoms with van der Waals surface area (Å²) in [6, 6.07) is 54.1. The van der Waals surface area contributed by atoms with Crippen LogP contribution in [0.5, 0.6) is 5.75 Å². The van der Waals surface area contributed by atoms with Crippen molar-refractivity contribution < 1.29 is 26.2 Å². The maximum Gasteiger partial charge on any atom is 0.148 e. The Hall–Kier alpha value is -5.57. The van der Waals surface area contributed by atoms with Crippen LogP contribution in [-0.4, -0.2) is 19.6 Å². The molecule has 282 valence electrons. The van der Waals surface area contributed by atoms with E-state index in [9.17, 15) is 5.11 Å². The van der Waals surface area contributed by atoms with E-state index in [1.165, 1.54) is 11.1 Å². The smallest absolute Gasteiger partial charge is 0.148 e. The number of hydrogen-bond acceptors (Lipinski definition) is 3. The van der Waals surface area contributed by atoms with Gasteiger partial charge in [-0.15, -0.1) is 29.3 Å². The zero-order valence-electron chi connectivity index (χ0n) is 32.7. The molecule has 0 aliphatic rings. The van der Waals surface area contributed by atoms with Gasteiger partial charge in [0, 0.05) is 38.5 Å². The third-order valence-corrected chi connectivity index (χ3v) is 11.0. The van der Waals surface area contributed by atoms with Crippen LogP contribution in [0.2, 0.25) is 0 Å². The number of nitrogens with zero attached hydrogens (tertiary/aromatic N) is 3. The average Bonchev–Trinajstić information content (AvgIpc) is 3.60. The molecule has 0 bridgehead atoms. The number of aromatic nitrogens is 3. The van der Waals surface area contributed by atoms with Crippen molar-refractivity contribution in [2.45, 2.75) is 58.8 Å². The van der Waals surface area contributed by atoms with E-state index in [2.05, 4.69) is 167 Å². The molecule has 5 heteroatoms. The Labute approximate surface area is 345 Å². The fraction of sp³-hybridized carbons (Fsp3) is 0.176. The molecule has 8 rings (SSSR count). The van der Waals surface area contributed by atoms with E-state index < -0.39 is 0 Å². The summed E-state index contributed by atoms with van der Waals surface area (Å²) in [5.41, 5.74) is 13.9. The predicted molar refractivity (Wildman–Crippen MR) is 229 cm³/mol. The zero-order chi connectivity index (χ0) is 38.3. The van der Waals surface area contributed by atoms with Crippen molar-refractivity contribution in [1.82, 2.24) is 14.5 Å². The van der Waals surface area contributed by atoms with Crippen LogP contribution in [0.25, 0.3) is 72.7 Å². The fourth-order valence-corrected chi connectivity index (χ4v) is 7.28. The number of benzene rings is 6. The number of hydrogen-bond donors (Lipinski definition) is 1. The molecule has 0 saturated carbocycles. The Kier molecular flexibility index (Phi) is 10.7. The molecule has 6 aromatic carbocycles. The van der Waals surface area contributed by atoms with E-state index in [4.69, 9.17) is 9.97 Å². The third-order valence-electron chi connectivity index (χ3n) is 11.0. The molecule has 8 aromatic rings. The van der Waals surface area contributed by atoms with Gasteiger partial charge >= 0.3 is 0 Å². The second kappa shape index (κ2) is 15.5. The van der Waals surface area contributed by atoms with Crippen molar-refractivity contribution in [3.8, 4) is 67.5 Å². The molecule has 0 aliphatic carbocycles. The number of phenols is 1. The van der Waals surface area contributed by atoms with E-state index in [-0.39, 0.29) is 37.6 Å². The van der Waals surface area contributed by atoms with Gasteiger partial charge < -0.3 is 5.11 Å². The first-order valence-electron chi connectivity index (χ1n) is 19.1. The van der Waals surface area contributed by atoms with Gasteiger partial charge in [-0.3, -0.25) is 9.55 Å². The number of pyridine rings is 1. The van der Waals surface area contributed by atoms with Crippen LogP contribution in [0.3, 0.4) is 0 Å². The van der Waals surface area contributed by atoms with Crippen LogP contribution in [0, 0.1) is 6.07 Å². The van der Waals surface area contributed by atoms with Crippen molar-refractivity contribution in [3.05, 3.63) is 169 Å².